The molecule has 1 aliphatic heterocycles. The Hall–Kier alpha value is -2.87. The number of nitrogens with zero attached hydrogens (tertiary/aromatic N) is 4. The van der Waals surface area contributed by atoms with Gasteiger partial charge in [-0.1, -0.05) is 12.5 Å². The first-order chi connectivity index (χ1) is 14.2. The monoisotopic (exact) mass is 409 g/mol. The van der Waals surface area contributed by atoms with E-state index in [0.29, 0.717) is 12.2 Å². The van der Waals surface area contributed by atoms with Crippen LogP contribution in [0.5, 0.6) is 0 Å². The minimum Gasteiger partial charge on any atom is -0.324 e. The van der Waals surface area contributed by atoms with E-state index in [1.807, 2.05) is 42.6 Å². The maximum atomic E-state index is 12.5. The van der Waals surface area contributed by atoms with Crippen LogP contribution < -0.4 is 11.0 Å². The molecule has 1 amide bonds. The van der Waals surface area contributed by atoms with Crippen molar-refractivity contribution in [3.63, 3.8) is 0 Å². The summed E-state index contributed by atoms with van der Waals surface area (Å²) in [7, 11) is 0. The lowest BCUT2D eigenvalue weighted by Crippen LogP contribution is -2.30. The Balaban J connectivity index is 1.33. The average molecular weight is 410 g/mol. The van der Waals surface area contributed by atoms with Crippen molar-refractivity contribution in [2.24, 2.45) is 0 Å². The average Bonchev–Trinajstić information content (AvgIpc) is 2.90. The molecule has 0 unspecified atom stereocenters. The van der Waals surface area contributed by atoms with Gasteiger partial charge in [-0.15, -0.1) is 11.8 Å². The van der Waals surface area contributed by atoms with Gasteiger partial charge in [0.25, 0.3) is 0 Å². The van der Waals surface area contributed by atoms with E-state index in [0.717, 1.165) is 42.2 Å². The van der Waals surface area contributed by atoms with Gasteiger partial charge in [0.15, 0.2) is 0 Å². The van der Waals surface area contributed by atoms with Gasteiger partial charge in [-0.25, -0.2) is 9.48 Å². The number of rotatable bonds is 6. The van der Waals surface area contributed by atoms with E-state index in [1.54, 1.807) is 22.5 Å². The Morgan fingerprint density at radius 1 is 1.14 bits per heavy atom. The smallest absolute Gasteiger partial charge is 0.324 e. The number of fused-ring (bicyclic) bond motifs is 1. The molecule has 1 aliphatic rings. The Kier molecular flexibility index (Phi) is 6.09. The largest absolute Gasteiger partial charge is 0.346 e. The van der Waals surface area contributed by atoms with Crippen LogP contribution in [-0.2, 0) is 30.1 Å². The number of carbonyl (C=O) groups excluding carboxylic acids is 1. The molecule has 0 saturated heterocycles. The zero-order valence-electron chi connectivity index (χ0n) is 16.1. The molecule has 0 saturated carbocycles. The van der Waals surface area contributed by atoms with Crippen molar-refractivity contribution < 1.29 is 4.79 Å². The topological polar surface area (TPSA) is 81.8 Å². The summed E-state index contributed by atoms with van der Waals surface area (Å²) in [5, 5.41) is 7.20. The van der Waals surface area contributed by atoms with Crippen molar-refractivity contribution in [1.82, 2.24) is 19.3 Å². The number of thioether (sulfide) groups is 1. The van der Waals surface area contributed by atoms with Crippen LogP contribution in [0.15, 0.2) is 58.5 Å². The van der Waals surface area contributed by atoms with Crippen molar-refractivity contribution in [2.75, 3.05) is 5.32 Å². The number of aryl methyl sites for hydroxylation is 1. The lowest BCUT2D eigenvalue weighted by atomic mass is 10.2. The molecule has 1 N–H and O–H groups in total. The molecule has 150 valence electrons. The fourth-order valence-electron chi connectivity index (χ4n) is 3.35. The molecule has 0 spiro atoms. The van der Waals surface area contributed by atoms with Gasteiger partial charge < -0.3 is 5.32 Å². The lowest BCUT2D eigenvalue weighted by molar-refractivity contribution is -0.117. The fraction of sp³-hybridized carbons (Fsp3) is 0.333. The molecule has 4 rings (SSSR count). The summed E-state index contributed by atoms with van der Waals surface area (Å²) in [5.41, 5.74) is 1.67. The van der Waals surface area contributed by atoms with E-state index in [2.05, 4.69) is 15.4 Å². The standard InChI is InChI=1S/C21H23N5O2S/c27-20(14-26-21(28)25-12-3-1-2-6-19(25)24-26)23-17-7-9-18(10-8-17)29-15-16-5-4-11-22-13-16/h4-5,7-11,13H,1-3,6,12,14-15H2,(H,23,27). The van der Waals surface area contributed by atoms with Crippen molar-refractivity contribution >= 4 is 23.4 Å². The van der Waals surface area contributed by atoms with E-state index < -0.39 is 0 Å². The maximum Gasteiger partial charge on any atom is 0.346 e. The SMILES string of the molecule is O=C(Cn1nc2n(c1=O)CCCCC2)Nc1ccc(SCc2cccnc2)cc1. The molecule has 0 radical (unpaired) electrons. The molecule has 0 atom stereocenters. The number of pyridine rings is 1. The van der Waals surface area contributed by atoms with Gasteiger partial charge in [0.05, 0.1) is 0 Å². The number of anilines is 1. The van der Waals surface area contributed by atoms with Gasteiger partial charge in [0.1, 0.15) is 12.4 Å². The zero-order valence-corrected chi connectivity index (χ0v) is 16.9. The molecule has 3 aromatic rings. The summed E-state index contributed by atoms with van der Waals surface area (Å²) in [4.78, 5) is 30.1. The van der Waals surface area contributed by atoms with E-state index in [9.17, 15) is 9.59 Å². The van der Waals surface area contributed by atoms with E-state index in [1.165, 1.54) is 10.2 Å². The Morgan fingerprint density at radius 2 is 2.00 bits per heavy atom. The van der Waals surface area contributed by atoms with Gasteiger partial charge in [-0.05, 0) is 48.7 Å². The molecule has 0 bridgehead atoms. The third-order valence-electron chi connectivity index (χ3n) is 4.84. The summed E-state index contributed by atoms with van der Waals surface area (Å²) in [6.45, 7) is 0.615. The maximum absolute atomic E-state index is 12.5. The first kappa shape index (κ1) is 19.4. The van der Waals surface area contributed by atoms with Gasteiger partial charge >= 0.3 is 5.69 Å². The molecule has 3 heterocycles. The van der Waals surface area contributed by atoms with Crippen molar-refractivity contribution in [1.29, 1.82) is 0 Å². The highest BCUT2D eigenvalue weighted by Gasteiger charge is 2.17. The number of aromatic nitrogens is 4. The number of hydrogen-bond acceptors (Lipinski definition) is 5. The molecule has 0 fully saturated rings. The van der Waals surface area contributed by atoms with Gasteiger partial charge in [0.2, 0.25) is 5.91 Å². The first-order valence-electron chi connectivity index (χ1n) is 9.77. The van der Waals surface area contributed by atoms with Crippen LogP contribution in [0.1, 0.15) is 30.7 Å². The highest BCUT2D eigenvalue weighted by Crippen LogP contribution is 2.24. The number of benzene rings is 1. The lowest BCUT2D eigenvalue weighted by Gasteiger charge is -2.06. The molecule has 2 aromatic heterocycles. The highest BCUT2D eigenvalue weighted by molar-refractivity contribution is 7.98. The highest BCUT2D eigenvalue weighted by atomic mass is 32.2. The molecule has 8 heteroatoms. The predicted molar refractivity (Wildman–Crippen MR) is 113 cm³/mol. The molecule has 29 heavy (non-hydrogen) atoms. The fourth-order valence-corrected chi connectivity index (χ4v) is 4.18. The first-order valence-corrected chi connectivity index (χ1v) is 10.8. The third kappa shape index (κ3) is 4.95. The second-order valence-electron chi connectivity index (χ2n) is 7.04. The molecular formula is C21H23N5O2S. The van der Waals surface area contributed by atoms with E-state index in [-0.39, 0.29) is 18.1 Å². The van der Waals surface area contributed by atoms with Crippen LogP contribution in [0.3, 0.4) is 0 Å². The Bertz CT molecular complexity index is 1030. The summed E-state index contributed by atoms with van der Waals surface area (Å²) in [6.07, 6.45) is 7.55. The minimum atomic E-state index is -0.254. The van der Waals surface area contributed by atoms with Crippen LogP contribution in [-0.4, -0.2) is 25.2 Å². The molecule has 0 aliphatic carbocycles. The molecular weight excluding hydrogens is 386 g/mol. The molecule has 7 nitrogen and oxygen atoms in total. The van der Waals surface area contributed by atoms with E-state index >= 15 is 0 Å². The van der Waals surface area contributed by atoms with Crippen molar-refractivity contribution in [3.8, 4) is 0 Å². The summed E-state index contributed by atoms with van der Waals surface area (Å²) in [5.74, 6) is 1.37. The van der Waals surface area contributed by atoms with Crippen molar-refractivity contribution in [2.45, 2.75) is 49.4 Å². The van der Waals surface area contributed by atoms with Crippen LogP contribution >= 0.6 is 11.8 Å². The van der Waals surface area contributed by atoms with Gasteiger partial charge in [0, 0.05) is 41.7 Å². The summed E-state index contributed by atoms with van der Waals surface area (Å²) in [6, 6.07) is 11.7. The van der Waals surface area contributed by atoms with Crippen LogP contribution in [0.4, 0.5) is 5.69 Å². The van der Waals surface area contributed by atoms with Gasteiger partial charge in [-0.3, -0.25) is 14.3 Å². The van der Waals surface area contributed by atoms with Crippen molar-refractivity contribution in [3.05, 3.63) is 70.7 Å². The normalized spacial score (nSPS) is 13.5. The summed E-state index contributed by atoms with van der Waals surface area (Å²) < 4.78 is 2.97. The summed E-state index contributed by atoms with van der Waals surface area (Å²) >= 11 is 1.71. The Labute approximate surface area is 173 Å². The predicted octanol–water partition coefficient (Wildman–Crippen LogP) is 3.10. The quantitative estimate of drug-likeness (QED) is 0.633. The number of amides is 1. The van der Waals surface area contributed by atoms with Gasteiger partial charge in [-0.2, -0.15) is 5.10 Å². The van der Waals surface area contributed by atoms with Crippen LogP contribution in [0.25, 0.3) is 0 Å². The van der Waals surface area contributed by atoms with Crippen LogP contribution in [0.2, 0.25) is 0 Å². The van der Waals surface area contributed by atoms with Crippen LogP contribution in [0, 0.1) is 0 Å². The number of hydrogen-bond donors (Lipinski definition) is 1. The Morgan fingerprint density at radius 3 is 2.79 bits per heavy atom. The second-order valence-corrected chi connectivity index (χ2v) is 8.09. The minimum absolute atomic E-state index is 0.0731. The third-order valence-corrected chi connectivity index (χ3v) is 5.92. The zero-order chi connectivity index (χ0) is 20.1. The number of nitrogens with one attached hydrogen (secondary N) is 1. The van der Waals surface area contributed by atoms with E-state index in [4.69, 9.17) is 0 Å². The number of carbonyl (C=O) groups is 1. The second kappa shape index (κ2) is 9.09. The molecule has 1 aromatic carbocycles.